The Morgan fingerprint density at radius 1 is 1.07 bits per heavy atom. The van der Waals surface area contributed by atoms with Crippen molar-refractivity contribution in [2.24, 2.45) is 0 Å². The number of imide groups is 1. The molecule has 0 radical (unpaired) electrons. The van der Waals surface area contributed by atoms with Gasteiger partial charge < -0.3 is 9.47 Å². The van der Waals surface area contributed by atoms with Gasteiger partial charge in [-0.1, -0.05) is 18.2 Å². The third-order valence-corrected chi connectivity index (χ3v) is 4.48. The van der Waals surface area contributed by atoms with Gasteiger partial charge in [0.2, 0.25) is 5.91 Å². The lowest BCUT2D eigenvalue weighted by atomic mass is 9.98. The van der Waals surface area contributed by atoms with E-state index in [-0.39, 0.29) is 12.0 Å². The number of methoxy groups -OCH3 is 1. The molecule has 0 bridgehead atoms. The fraction of sp³-hybridized carbons (Fsp3) is 0.238. The zero-order valence-electron chi connectivity index (χ0n) is 16.6. The number of nitrogens with one attached hydrogen (secondary N) is 2. The Labute approximate surface area is 172 Å². The normalized spacial score (nSPS) is 12.8. The number of nitrogens with zero attached hydrogens (tertiary/aromatic N) is 1. The molecule has 0 fully saturated rings. The van der Waals surface area contributed by atoms with Crippen molar-refractivity contribution < 1.29 is 28.7 Å². The molecular formula is C21H21N3O6. The van der Waals surface area contributed by atoms with Crippen molar-refractivity contribution in [2.75, 3.05) is 20.3 Å². The van der Waals surface area contributed by atoms with E-state index < -0.39 is 30.2 Å². The largest absolute Gasteiger partial charge is 0.493 e. The minimum atomic E-state index is -0.706. The van der Waals surface area contributed by atoms with Gasteiger partial charge in [-0.2, -0.15) is 0 Å². The first-order valence-electron chi connectivity index (χ1n) is 9.27. The number of rotatable bonds is 6. The molecule has 1 aliphatic rings. The number of hydrogen-bond donors (Lipinski definition) is 2. The van der Waals surface area contributed by atoms with Crippen molar-refractivity contribution in [3.8, 4) is 11.5 Å². The van der Waals surface area contributed by atoms with Crippen LogP contribution in [0.15, 0.2) is 42.5 Å². The Kier molecular flexibility index (Phi) is 6.31. The molecule has 30 heavy (non-hydrogen) atoms. The first-order chi connectivity index (χ1) is 14.4. The molecule has 0 saturated heterocycles. The van der Waals surface area contributed by atoms with Crippen molar-refractivity contribution in [1.82, 2.24) is 15.8 Å². The van der Waals surface area contributed by atoms with E-state index >= 15 is 0 Å². The van der Waals surface area contributed by atoms with Crippen LogP contribution in [0.5, 0.6) is 11.5 Å². The van der Waals surface area contributed by atoms with E-state index in [0.717, 1.165) is 4.90 Å². The highest BCUT2D eigenvalue weighted by atomic mass is 16.5. The third kappa shape index (κ3) is 4.40. The van der Waals surface area contributed by atoms with Crippen LogP contribution in [0.2, 0.25) is 0 Å². The smallest absolute Gasteiger partial charge is 0.269 e. The summed E-state index contributed by atoms with van der Waals surface area (Å²) in [5, 5.41) is 0. The molecule has 0 saturated carbocycles. The molecular weight excluding hydrogens is 390 g/mol. The Morgan fingerprint density at radius 3 is 2.57 bits per heavy atom. The van der Waals surface area contributed by atoms with Crippen LogP contribution in [-0.4, -0.2) is 48.8 Å². The van der Waals surface area contributed by atoms with E-state index in [1.165, 1.54) is 19.2 Å². The van der Waals surface area contributed by atoms with Gasteiger partial charge in [0, 0.05) is 11.1 Å². The number of ether oxygens (including phenoxy) is 2. The summed E-state index contributed by atoms with van der Waals surface area (Å²) in [6.45, 7) is 1.77. The predicted octanol–water partition coefficient (Wildman–Crippen LogP) is 1.08. The second-order valence-corrected chi connectivity index (χ2v) is 6.42. The molecule has 9 nitrogen and oxygen atoms in total. The molecule has 4 amide bonds. The van der Waals surface area contributed by atoms with Crippen LogP contribution in [0, 0.1) is 0 Å². The van der Waals surface area contributed by atoms with Crippen LogP contribution in [-0.2, 0) is 16.0 Å². The molecule has 156 valence electrons. The Hall–Kier alpha value is -3.88. The fourth-order valence-corrected chi connectivity index (χ4v) is 3.03. The SMILES string of the molecule is CCOc1ccc(C(=O)NNC(=O)CN2C(=O)Cc3ccccc3C2=O)cc1OC. The lowest BCUT2D eigenvalue weighted by Gasteiger charge is -2.26. The minimum Gasteiger partial charge on any atom is -0.493 e. The number of carbonyl (C=O) groups is 4. The van der Waals surface area contributed by atoms with Gasteiger partial charge in [-0.25, -0.2) is 0 Å². The number of benzene rings is 2. The Morgan fingerprint density at radius 2 is 1.83 bits per heavy atom. The van der Waals surface area contributed by atoms with Gasteiger partial charge in [0.15, 0.2) is 11.5 Å². The summed E-state index contributed by atoms with van der Waals surface area (Å²) in [6.07, 6.45) is 0.0352. The summed E-state index contributed by atoms with van der Waals surface area (Å²) in [7, 11) is 1.45. The number of amides is 4. The lowest BCUT2D eigenvalue weighted by molar-refractivity contribution is -0.133. The van der Waals surface area contributed by atoms with Crippen molar-refractivity contribution in [1.29, 1.82) is 0 Å². The van der Waals surface area contributed by atoms with Crippen molar-refractivity contribution in [2.45, 2.75) is 13.3 Å². The quantitative estimate of drug-likeness (QED) is 0.543. The molecule has 9 heteroatoms. The zero-order chi connectivity index (χ0) is 21.7. The average molecular weight is 411 g/mol. The maximum absolute atomic E-state index is 12.5. The highest BCUT2D eigenvalue weighted by molar-refractivity contribution is 6.11. The molecule has 0 spiro atoms. The van der Waals surface area contributed by atoms with Crippen LogP contribution in [0.3, 0.4) is 0 Å². The second kappa shape index (κ2) is 9.08. The summed E-state index contributed by atoms with van der Waals surface area (Å²) in [4.78, 5) is 50.1. The van der Waals surface area contributed by atoms with Crippen molar-refractivity contribution >= 4 is 23.6 Å². The van der Waals surface area contributed by atoms with Crippen molar-refractivity contribution in [3.63, 3.8) is 0 Å². The van der Waals surface area contributed by atoms with Gasteiger partial charge in [-0.05, 0) is 36.8 Å². The monoisotopic (exact) mass is 411 g/mol. The molecule has 0 aromatic heterocycles. The summed E-state index contributed by atoms with van der Waals surface area (Å²) in [5.74, 6) is -1.45. The van der Waals surface area contributed by atoms with Crippen LogP contribution in [0.25, 0.3) is 0 Å². The van der Waals surface area contributed by atoms with Gasteiger partial charge in [-0.3, -0.25) is 34.9 Å². The summed E-state index contributed by atoms with van der Waals surface area (Å²) >= 11 is 0. The van der Waals surface area contributed by atoms with Crippen LogP contribution in [0.1, 0.15) is 33.2 Å². The van der Waals surface area contributed by atoms with Gasteiger partial charge in [0.1, 0.15) is 6.54 Å². The molecule has 1 aliphatic heterocycles. The van der Waals surface area contributed by atoms with Crippen LogP contribution >= 0.6 is 0 Å². The first-order valence-corrected chi connectivity index (χ1v) is 9.27. The second-order valence-electron chi connectivity index (χ2n) is 6.42. The molecule has 2 aromatic rings. The fourth-order valence-electron chi connectivity index (χ4n) is 3.03. The topological polar surface area (TPSA) is 114 Å². The van der Waals surface area contributed by atoms with Crippen molar-refractivity contribution in [3.05, 3.63) is 59.2 Å². The van der Waals surface area contributed by atoms with E-state index in [2.05, 4.69) is 10.9 Å². The van der Waals surface area contributed by atoms with Gasteiger partial charge in [0.25, 0.3) is 17.7 Å². The molecule has 3 rings (SSSR count). The number of fused-ring (bicyclic) bond motifs is 1. The van der Waals surface area contributed by atoms with Gasteiger partial charge >= 0.3 is 0 Å². The van der Waals surface area contributed by atoms with E-state index in [1.54, 1.807) is 30.3 Å². The molecule has 1 heterocycles. The van der Waals surface area contributed by atoms with E-state index in [1.807, 2.05) is 6.92 Å². The molecule has 2 aromatic carbocycles. The standard InChI is InChI=1S/C21H21N3O6/c1-3-30-16-9-8-14(10-17(16)29-2)20(27)23-22-18(25)12-24-19(26)11-13-6-4-5-7-15(13)21(24)28/h4-10H,3,11-12H2,1-2H3,(H,22,25)(H,23,27). The maximum Gasteiger partial charge on any atom is 0.269 e. The van der Waals surface area contributed by atoms with E-state index in [0.29, 0.717) is 29.2 Å². The Balaban J connectivity index is 1.60. The summed E-state index contributed by atoms with van der Waals surface area (Å²) in [6, 6.07) is 11.3. The highest BCUT2D eigenvalue weighted by Gasteiger charge is 2.32. The number of hydrogen-bond acceptors (Lipinski definition) is 6. The molecule has 2 N–H and O–H groups in total. The molecule has 0 unspecified atom stereocenters. The average Bonchev–Trinajstić information content (AvgIpc) is 2.75. The predicted molar refractivity (Wildman–Crippen MR) is 106 cm³/mol. The van der Waals surface area contributed by atoms with E-state index in [9.17, 15) is 19.2 Å². The summed E-state index contributed by atoms with van der Waals surface area (Å²) in [5.41, 5.74) is 5.71. The van der Waals surface area contributed by atoms with Crippen LogP contribution in [0.4, 0.5) is 0 Å². The maximum atomic E-state index is 12.5. The van der Waals surface area contributed by atoms with E-state index in [4.69, 9.17) is 9.47 Å². The number of carbonyl (C=O) groups excluding carboxylic acids is 4. The van der Waals surface area contributed by atoms with Gasteiger partial charge in [-0.15, -0.1) is 0 Å². The first kappa shape index (κ1) is 20.8. The lowest BCUT2D eigenvalue weighted by Crippen LogP contribution is -2.51. The number of hydrazine groups is 1. The van der Waals surface area contributed by atoms with Gasteiger partial charge in [0.05, 0.1) is 20.1 Å². The Bertz CT molecular complexity index is 1000. The summed E-state index contributed by atoms with van der Waals surface area (Å²) < 4.78 is 10.6. The zero-order valence-corrected chi connectivity index (χ0v) is 16.6. The highest BCUT2D eigenvalue weighted by Crippen LogP contribution is 2.28. The van der Waals surface area contributed by atoms with Crippen LogP contribution < -0.4 is 20.3 Å². The minimum absolute atomic E-state index is 0.0352. The molecule has 0 aliphatic carbocycles. The molecule has 0 atom stereocenters. The third-order valence-electron chi connectivity index (χ3n) is 4.48.